The number of benzene rings is 2. The van der Waals surface area contributed by atoms with Gasteiger partial charge in [-0.15, -0.1) is 0 Å². The van der Waals surface area contributed by atoms with Gasteiger partial charge in [-0.3, -0.25) is 4.79 Å². The van der Waals surface area contributed by atoms with E-state index >= 15 is 0 Å². The van der Waals surface area contributed by atoms with Crippen molar-refractivity contribution in [2.45, 2.75) is 6.92 Å². The monoisotopic (exact) mass is 292 g/mol. The highest BCUT2D eigenvalue weighted by Gasteiger charge is 2.09. The van der Waals surface area contributed by atoms with Crippen molar-refractivity contribution in [2.24, 2.45) is 0 Å². The Kier molecular flexibility index (Phi) is 3.62. The number of aryl methyl sites for hydroxylation is 1. The van der Waals surface area contributed by atoms with Gasteiger partial charge in [0.1, 0.15) is 0 Å². The quantitative estimate of drug-likeness (QED) is 0.729. The van der Waals surface area contributed by atoms with Gasteiger partial charge in [0.15, 0.2) is 0 Å². The molecule has 5 nitrogen and oxygen atoms in total. The van der Waals surface area contributed by atoms with Crippen LogP contribution in [0.1, 0.15) is 15.9 Å². The number of hydrogen-bond acceptors (Lipinski definition) is 3. The van der Waals surface area contributed by atoms with Crippen LogP contribution in [0.4, 0.5) is 11.4 Å². The summed E-state index contributed by atoms with van der Waals surface area (Å²) in [5.41, 5.74) is 9.64. The van der Waals surface area contributed by atoms with E-state index in [0.29, 0.717) is 16.9 Å². The van der Waals surface area contributed by atoms with Crippen LogP contribution in [-0.2, 0) is 0 Å². The summed E-state index contributed by atoms with van der Waals surface area (Å²) in [4.78, 5) is 16.3. The molecule has 0 atom stereocenters. The molecule has 0 unspecified atom stereocenters. The minimum atomic E-state index is -0.186. The Morgan fingerprint density at radius 1 is 1.18 bits per heavy atom. The third-order valence-electron chi connectivity index (χ3n) is 3.40. The standard InChI is InChI=1S/C17H16N4O/c1-12-2-4-13(5-3-12)17(22)20-16-10-14(6-7-15(16)18)21-9-8-19-11-21/h2-11H,18H2,1H3,(H,20,22). The zero-order chi connectivity index (χ0) is 15.5. The first-order chi connectivity index (χ1) is 10.6. The van der Waals surface area contributed by atoms with E-state index in [1.165, 1.54) is 0 Å². The van der Waals surface area contributed by atoms with Gasteiger partial charge in [-0.2, -0.15) is 0 Å². The first-order valence-corrected chi connectivity index (χ1v) is 6.89. The van der Waals surface area contributed by atoms with Crippen molar-refractivity contribution in [3.63, 3.8) is 0 Å². The highest BCUT2D eigenvalue weighted by molar-refractivity contribution is 6.05. The van der Waals surface area contributed by atoms with Gasteiger partial charge in [-0.05, 0) is 37.3 Å². The van der Waals surface area contributed by atoms with E-state index in [1.54, 1.807) is 30.7 Å². The summed E-state index contributed by atoms with van der Waals surface area (Å²) >= 11 is 0. The summed E-state index contributed by atoms with van der Waals surface area (Å²) in [6, 6.07) is 12.9. The van der Waals surface area contributed by atoms with E-state index < -0.39 is 0 Å². The van der Waals surface area contributed by atoms with Gasteiger partial charge in [-0.1, -0.05) is 17.7 Å². The molecule has 3 aromatic rings. The fourth-order valence-electron chi connectivity index (χ4n) is 2.12. The highest BCUT2D eigenvalue weighted by atomic mass is 16.1. The topological polar surface area (TPSA) is 72.9 Å². The number of nitrogens with one attached hydrogen (secondary N) is 1. The van der Waals surface area contributed by atoms with Gasteiger partial charge in [0.05, 0.1) is 17.7 Å². The third-order valence-corrected chi connectivity index (χ3v) is 3.40. The van der Waals surface area contributed by atoms with Crippen molar-refractivity contribution in [1.29, 1.82) is 0 Å². The van der Waals surface area contributed by atoms with Crippen molar-refractivity contribution in [3.8, 4) is 5.69 Å². The lowest BCUT2D eigenvalue weighted by Gasteiger charge is -2.11. The second-order valence-corrected chi connectivity index (χ2v) is 5.06. The smallest absolute Gasteiger partial charge is 0.255 e. The minimum absolute atomic E-state index is 0.186. The van der Waals surface area contributed by atoms with E-state index in [0.717, 1.165) is 11.3 Å². The number of nitrogens with two attached hydrogens (primary N) is 1. The molecule has 0 aliphatic carbocycles. The van der Waals surface area contributed by atoms with Crippen LogP contribution in [0.5, 0.6) is 0 Å². The summed E-state index contributed by atoms with van der Waals surface area (Å²) in [6.07, 6.45) is 5.22. The largest absolute Gasteiger partial charge is 0.397 e. The molecule has 0 saturated carbocycles. The Labute approximate surface area is 128 Å². The summed E-state index contributed by atoms with van der Waals surface area (Å²) in [7, 11) is 0. The molecule has 5 heteroatoms. The SMILES string of the molecule is Cc1ccc(C(=O)Nc2cc(-n3ccnc3)ccc2N)cc1. The number of anilines is 2. The van der Waals surface area contributed by atoms with Gasteiger partial charge in [0, 0.05) is 23.6 Å². The fraction of sp³-hybridized carbons (Fsp3) is 0.0588. The molecule has 0 spiro atoms. The molecule has 0 aliphatic rings. The zero-order valence-corrected chi connectivity index (χ0v) is 12.2. The van der Waals surface area contributed by atoms with Crippen molar-refractivity contribution < 1.29 is 4.79 Å². The van der Waals surface area contributed by atoms with Crippen molar-refractivity contribution in [2.75, 3.05) is 11.1 Å². The number of nitrogen functional groups attached to an aromatic ring is 1. The molecule has 0 aliphatic heterocycles. The third kappa shape index (κ3) is 2.83. The predicted octanol–water partition coefficient (Wildman–Crippen LogP) is 3.02. The molecule has 0 bridgehead atoms. The molecule has 22 heavy (non-hydrogen) atoms. The Hall–Kier alpha value is -3.08. The summed E-state index contributed by atoms with van der Waals surface area (Å²) < 4.78 is 1.85. The summed E-state index contributed by atoms with van der Waals surface area (Å²) in [6.45, 7) is 1.98. The van der Waals surface area contributed by atoms with Gasteiger partial charge in [0.2, 0.25) is 0 Å². The fourth-order valence-corrected chi connectivity index (χ4v) is 2.12. The first-order valence-electron chi connectivity index (χ1n) is 6.89. The van der Waals surface area contributed by atoms with Crippen LogP contribution in [-0.4, -0.2) is 15.5 Å². The van der Waals surface area contributed by atoms with Crippen LogP contribution >= 0.6 is 0 Å². The van der Waals surface area contributed by atoms with E-state index in [1.807, 2.05) is 42.0 Å². The van der Waals surface area contributed by atoms with Crippen molar-refractivity contribution in [1.82, 2.24) is 9.55 Å². The Balaban J connectivity index is 1.87. The number of aromatic nitrogens is 2. The van der Waals surface area contributed by atoms with E-state index in [4.69, 9.17) is 5.73 Å². The molecule has 3 N–H and O–H groups in total. The van der Waals surface area contributed by atoms with Crippen LogP contribution in [0, 0.1) is 6.92 Å². The van der Waals surface area contributed by atoms with Gasteiger partial charge < -0.3 is 15.6 Å². The molecule has 0 saturated heterocycles. The second-order valence-electron chi connectivity index (χ2n) is 5.06. The van der Waals surface area contributed by atoms with Crippen molar-refractivity contribution in [3.05, 3.63) is 72.3 Å². The number of nitrogens with zero attached hydrogens (tertiary/aromatic N) is 2. The molecule has 1 amide bonds. The molecule has 0 radical (unpaired) electrons. The molecule has 3 rings (SSSR count). The molecule has 1 aromatic heterocycles. The zero-order valence-electron chi connectivity index (χ0n) is 12.2. The number of carbonyl (C=O) groups is 1. The Morgan fingerprint density at radius 2 is 1.95 bits per heavy atom. The van der Waals surface area contributed by atoms with Crippen LogP contribution < -0.4 is 11.1 Å². The maximum Gasteiger partial charge on any atom is 0.255 e. The first kappa shape index (κ1) is 13.9. The van der Waals surface area contributed by atoms with Crippen LogP contribution in [0.2, 0.25) is 0 Å². The molecular formula is C17H16N4O. The average Bonchev–Trinajstić information content (AvgIpc) is 3.04. The van der Waals surface area contributed by atoms with Gasteiger partial charge in [0.25, 0.3) is 5.91 Å². The maximum atomic E-state index is 12.3. The normalized spacial score (nSPS) is 10.4. The second kappa shape index (κ2) is 5.73. The number of hydrogen-bond donors (Lipinski definition) is 2. The number of imidazole rings is 1. The lowest BCUT2D eigenvalue weighted by atomic mass is 10.1. The summed E-state index contributed by atoms with van der Waals surface area (Å²) in [5, 5.41) is 2.85. The molecule has 110 valence electrons. The van der Waals surface area contributed by atoms with Gasteiger partial charge in [-0.25, -0.2) is 4.98 Å². The van der Waals surface area contributed by atoms with Crippen molar-refractivity contribution >= 4 is 17.3 Å². The lowest BCUT2D eigenvalue weighted by Crippen LogP contribution is -2.13. The van der Waals surface area contributed by atoms with E-state index in [-0.39, 0.29) is 5.91 Å². The summed E-state index contributed by atoms with van der Waals surface area (Å²) in [5.74, 6) is -0.186. The number of amides is 1. The molecular weight excluding hydrogens is 276 g/mol. The van der Waals surface area contributed by atoms with Crippen LogP contribution in [0.15, 0.2) is 61.2 Å². The highest BCUT2D eigenvalue weighted by Crippen LogP contribution is 2.23. The predicted molar refractivity (Wildman–Crippen MR) is 87.1 cm³/mol. The molecule has 0 fully saturated rings. The number of rotatable bonds is 3. The van der Waals surface area contributed by atoms with Crippen LogP contribution in [0.3, 0.4) is 0 Å². The van der Waals surface area contributed by atoms with E-state index in [9.17, 15) is 4.79 Å². The lowest BCUT2D eigenvalue weighted by molar-refractivity contribution is 0.102. The maximum absolute atomic E-state index is 12.3. The Morgan fingerprint density at radius 3 is 2.64 bits per heavy atom. The average molecular weight is 292 g/mol. The molecule has 2 aromatic carbocycles. The van der Waals surface area contributed by atoms with Crippen LogP contribution in [0.25, 0.3) is 5.69 Å². The Bertz CT molecular complexity index is 792. The van der Waals surface area contributed by atoms with E-state index in [2.05, 4.69) is 10.3 Å². The molecule has 1 heterocycles. The number of carbonyl (C=O) groups excluding carboxylic acids is 1. The minimum Gasteiger partial charge on any atom is -0.397 e. The van der Waals surface area contributed by atoms with Gasteiger partial charge >= 0.3 is 0 Å².